The molecule has 0 spiro atoms. The Morgan fingerprint density at radius 3 is 1.82 bits per heavy atom. The molecule has 0 aromatic carbocycles. The molecule has 4 atom stereocenters. The van der Waals surface area contributed by atoms with Gasteiger partial charge in [-0.1, -0.05) is 6.92 Å². The largest absolute Gasteiger partial charge is 0.325 e. The van der Waals surface area contributed by atoms with Crippen LogP contribution >= 0.6 is 0 Å². The van der Waals surface area contributed by atoms with Gasteiger partial charge in [0.05, 0.1) is 0 Å². The molecule has 2 N–H and O–H groups in total. The average Bonchev–Trinajstić information content (AvgIpc) is 2.38. The van der Waals surface area contributed by atoms with Gasteiger partial charge < -0.3 is 5.73 Å². The summed E-state index contributed by atoms with van der Waals surface area (Å²) in [7, 11) is 0. The summed E-state index contributed by atoms with van der Waals surface area (Å²) in [5.41, 5.74) is 6.21. The van der Waals surface area contributed by atoms with Gasteiger partial charge in [0.2, 0.25) is 0 Å². The van der Waals surface area contributed by atoms with E-state index in [1.165, 1.54) is 12.8 Å². The zero-order valence-corrected chi connectivity index (χ0v) is 7.80. The summed E-state index contributed by atoms with van der Waals surface area (Å²) in [5, 5.41) is 0. The molecule has 64 valence electrons. The number of nitrogens with two attached hydrogens (primary N) is 1. The molecule has 0 amide bonds. The van der Waals surface area contributed by atoms with Crippen LogP contribution in [0.2, 0.25) is 0 Å². The van der Waals surface area contributed by atoms with Crippen LogP contribution in [-0.2, 0) is 0 Å². The second-order valence-corrected chi connectivity index (χ2v) is 5.11. The van der Waals surface area contributed by atoms with Crippen LogP contribution in [0.3, 0.4) is 0 Å². The van der Waals surface area contributed by atoms with Gasteiger partial charge in [0.25, 0.3) is 0 Å². The van der Waals surface area contributed by atoms with E-state index in [2.05, 4.69) is 20.8 Å². The van der Waals surface area contributed by atoms with Crippen LogP contribution in [0.1, 0.15) is 33.6 Å². The van der Waals surface area contributed by atoms with Crippen molar-refractivity contribution >= 4 is 0 Å². The van der Waals surface area contributed by atoms with Gasteiger partial charge >= 0.3 is 0 Å². The van der Waals surface area contributed by atoms with Crippen molar-refractivity contribution in [1.82, 2.24) is 0 Å². The SMILES string of the molecule is CC1C2CC[C@H]1C2C(C)(C)N. The summed E-state index contributed by atoms with van der Waals surface area (Å²) >= 11 is 0. The lowest BCUT2D eigenvalue weighted by atomic mass is 9.57. The van der Waals surface area contributed by atoms with E-state index in [0.29, 0.717) is 0 Å². The summed E-state index contributed by atoms with van der Waals surface area (Å²) < 4.78 is 0. The predicted molar refractivity (Wildman–Crippen MR) is 47.1 cm³/mol. The fourth-order valence-electron chi connectivity index (χ4n) is 3.52. The summed E-state index contributed by atoms with van der Waals surface area (Å²) in [6, 6.07) is 0. The van der Waals surface area contributed by atoms with Crippen molar-refractivity contribution in [2.24, 2.45) is 29.4 Å². The molecule has 0 aromatic rings. The number of fused-ring (bicyclic) bond motifs is 1. The molecule has 2 bridgehead atoms. The van der Waals surface area contributed by atoms with E-state index >= 15 is 0 Å². The molecule has 3 fully saturated rings. The second kappa shape index (κ2) is 2.01. The summed E-state index contributed by atoms with van der Waals surface area (Å²) in [5.74, 6) is 3.72. The van der Waals surface area contributed by atoms with E-state index in [1.54, 1.807) is 0 Å². The van der Waals surface area contributed by atoms with Crippen LogP contribution in [0.15, 0.2) is 0 Å². The second-order valence-electron chi connectivity index (χ2n) is 5.11. The molecule has 3 rings (SSSR count). The van der Waals surface area contributed by atoms with Crippen LogP contribution in [0.5, 0.6) is 0 Å². The first-order valence-electron chi connectivity index (χ1n) is 4.80. The maximum Gasteiger partial charge on any atom is 0.0131 e. The molecule has 1 nitrogen and oxygen atoms in total. The smallest absolute Gasteiger partial charge is 0.0131 e. The van der Waals surface area contributed by atoms with Gasteiger partial charge in [-0.2, -0.15) is 0 Å². The highest BCUT2D eigenvalue weighted by Gasteiger charge is 2.56. The third-order valence-electron chi connectivity index (χ3n) is 3.97. The van der Waals surface area contributed by atoms with Crippen LogP contribution in [-0.4, -0.2) is 5.54 Å². The molecule has 3 aliphatic rings. The van der Waals surface area contributed by atoms with Gasteiger partial charge in [0.1, 0.15) is 0 Å². The molecule has 0 radical (unpaired) electrons. The van der Waals surface area contributed by atoms with Crippen LogP contribution in [0.25, 0.3) is 0 Å². The van der Waals surface area contributed by atoms with E-state index in [1.807, 2.05) is 0 Å². The zero-order chi connectivity index (χ0) is 8.22. The van der Waals surface area contributed by atoms with Crippen molar-refractivity contribution in [3.05, 3.63) is 0 Å². The van der Waals surface area contributed by atoms with Gasteiger partial charge in [-0.05, 0) is 50.4 Å². The van der Waals surface area contributed by atoms with Crippen LogP contribution in [0.4, 0.5) is 0 Å². The Balaban J connectivity index is 2.12. The van der Waals surface area contributed by atoms with Crippen molar-refractivity contribution in [3.8, 4) is 0 Å². The quantitative estimate of drug-likeness (QED) is 0.612. The monoisotopic (exact) mass is 153 g/mol. The molecular weight excluding hydrogens is 134 g/mol. The average molecular weight is 153 g/mol. The minimum atomic E-state index is 0.0817. The van der Waals surface area contributed by atoms with E-state index in [-0.39, 0.29) is 5.54 Å². The normalized spacial score (nSPS) is 49.1. The van der Waals surface area contributed by atoms with E-state index in [0.717, 1.165) is 23.7 Å². The number of rotatable bonds is 1. The Hall–Kier alpha value is -0.0400. The Bertz CT molecular complexity index is 156. The Morgan fingerprint density at radius 1 is 1.18 bits per heavy atom. The Kier molecular flexibility index (Phi) is 1.39. The van der Waals surface area contributed by atoms with Gasteiger partial charge in [-0.25, -0.2) is 0 Å². The number of hydrogen-bond acceptors (Lipinski definition) is 1. The molecule has 3 unspecified atom stereocenters. The standard InChI is InChI=1S/C10H19N/c1-6-7-4-5-8(6)9(7)10(2,3)11/h6-9H,4-5,11H2,1-3H3/t6?,7-,8?,9?/m1/s1. The van der Waals surface area contributed by atoms with Crippen molar-refractivity contribution in [1.29, 1.82) is 0 Å². The molecule has 0 aromatic heterocycles. The van der Waals surface area contributed by atoms with E-state index < -0.39 is 0 Å². The first kappa shape index (κ1) is 7.60. The highest BCUT2D eigenvalue weighted by molar-refractivity contribution is 5.08. The summed E-state index contributed by atoms with van der Waals surface area (Å²) in [4.78, 5) is 0. The Morgan fingerprint density at radius 2 is 1.64 bits per heavy atom. The first-order valence-corrected chi connectivity index (χ1v) is 4.80. The lowest BCUT2D eigenvalue weighted by Gasteiger charge is -2.50. The fourth-order valence-corrected chi connectivity index (χ4v) is 3.52. The molecule has 3 saturated carbocycles. The fraction of sp³-hybridized carbons (Fsp3) is 1.00. The summed E-state index contributed by atoms with van der Waals surface area (Å²) in [6.07, 6.45) is 2.88. The molecule has 1 heteroatoms. The molecule has 0 saturated heterocycles. The van der Waals surface area contributed by atoms with Gasteiger partial charge in [-0.3, -0.25) is 0 Å². The van der Waals surface area contributed by atoms with Crippen molar-refractivity contribution in [3.63, 3.8) is 0 Å². The van der Waals surface area contributed by atoms with Gasteiger partial charge in [0, 0.05) is 5.54 Å². The lowest BCUT2D eigenvalue weighted by Crippen LogP contribution is -2.54. The van der Waals surface area contributed by atoms with Crippen LogP contribution < -0.4 is 5.73 Å². The zero-order valence-electron chi connectivity index (χ0n) is 7.80. The maximum atomic E-state index is 6.12. The molecule has 3 aliphatic carbocycles. The highest BCUT2D eigenvalue weighted by atomic mass is 14.8. The van der Waals surface area contributed by atoms with Crippen LogP contribution in [0, 0.1) is 23.7 Å². The predicted octanol–water partition coefficient (Wildman–Crippen LogP) is 2.02. The van der Waals surface area contributed by atoms with E-state index in [4.69, 9.17) is 5.73 Å². The first-order chi connectivity index (χ1) is 5.02. The highest BCUT2D eigenvalue weighted by Crippen LogP contribution is 2.60. The van der Waals surface area contributed by atoms with Gasteiger partial charge in [0.15, 0.2) is 0 Å². The third-order valence-corrected chi connectivity index (χ3v) is 3.97. The van der Waals surface area contributed by atoms with Crippen molar-refractivity contribution in [2.75, 3.05) is 0 Å². The summed E-state index contributed by atoms with van der Waals surface area (Å²) in [6.45, 7) is 6.77. The van der Waals surface area contributed by atoms with Crippen molar-refractivity contribution < 1.29 is 0 Å². The minimum Gasteiger partial charge on any atom is -0.325 e. The number of hydrogen-bond donors (Lipinski definition) is 1. The molecule has 0 aliphatic heterocycles. The third kappa shape index (κ3) is 0.868. The van der Waals surface area contributed by atoms with Crippen molar-refractivity contribution in [2.45, 2.75) is 39.2 Å². The molecular formula is C10H19N. The topological polar surface area (TPSA) is 26.0 Å². The maximum absolute atomic E-state index is 6.12. The van der Waals surface area contributed by atoms with Gasteiger partial charge in [-0.15, -0.1) is 0 Å². The van der Waals surface area contributed by atoms with E-state index in [9.17, 15) is 0 Å². The lowest BCUT2D eigenvalue weighted by molar-refractivity contribution is 0.0120. The Labute approximate surface area is 69.4 Å². The molecule has 11 heavy (non-hydrogen) atoms. The molecule has 0 heterocycles. The minimum absolute atomic E-state index is 0.0817.